The molecule has 2 rings (SSSR count). The van der Waals surface area contributed by atoms with Gasteiger partial charge in [-0.25, -0.2) is 0 Å². The van der Waals surface area contributed by atoms with Crippen LogP contribution < -0.4 is 15.4 Å². The maximum Gasteiger partial charge on any atom is 0.123 e. The summed E-state index contributed by atoms with van der Waals surface area (Å²) < 4.78 is 5.98. The molecule has 4 N–H and O–H groups in total. The number of benzene rings is 1. The summed E-state index contributed by atoms with van der Waals surface area (Å²) in [4.78, 5) is 0. The van der Waals surface area contributed by atoms with Crippen molar-refractivity contribution in [2.45, 2.75) is 83.7 Å². The molecule has 0 aliphatic heterocycles. The summed E-state index contributed by atoms with van der Waals surface area (Å²) in [5.41, 5.74) is 1.24. The van der Waals surface area contributed by atoms with Gasteiger partial charge in [0.05, 0.1) is 6.10 Å². The molecule has 1 aliphatic rings. The van der Waals surface area contributed by atoms with Crippen molar-refractivity contribution in [3.8, 4) is 5.75 Å². The number of β-amino-alcohol motifs (C(OH)–C–C–N with tert-alkyl or cyclic N) is 1. The quantitative estimate of drug-likeness (QED) is 0.596. The highest BCUT2D eigenvalue weighted by Crippen LogP contribution is 2.30. The van der Waals surface area contributed by atoms with Crippen LogP contribution in [0, 0.1) is 0 Å². The van der Waals surface area contributed by atoms with Crippen LogP contribution in [-0.4, -0.2) is 52.7 Å². The standard InChI is InChI=1S/C21H36N2O3/c1-14(2)23-17-10-15-8-7-9-19(16(15)11-18(17)24)26-13-21(6,25)12-22-20(3,4)5/h7-9,14,17-18,22-25H,10-13H2,1-6H3/t17-,18-,21?/m1/s1. The Labute approximate surface area is 158 Å². The molecule has 0 fully saturated rings. The Bertz CT molecular complexity index is 593. The normalized spacial score (nSPS) is 22.8. The van der Waals surface area contributed by atoms with Gasteiger partial charge in [-0.3, -0.25) is 0 Å². The first-order chi connectivity index (χ1) is 12.0. The van der Waals surface area contributed by atoms with Crippen molar-refractivity contribution in [2.24, 2.45) is 0 Å². The largest absolute Gasteiger partial charge is 0.490 e. The van der Waals surface area contributed by atoms with E-state index in [1.807, 2.05) is 12.1 Å². The van der Waals surface area contributed by atoms with Crippen LogP contribution in [0.4, 0.5) is 0 Å². The first-order valence-electron chi connectivity index (χ1n) is 9.62. The van der Waals surface area contributed by atoms with Gasteiger partial charge in [-0.15, -0.1) is 0 Å². The van der Waals surface area contributed by atoms with Gasteiger partial charge in [0.15, 0.2) is 0 Å². The molecule has 26 heavy (non-hydrogen) atoms. The van der Waals surface area contributed by atoms with E-state index >= 15 is 0 Å². The van der Waals surface area contributed by atoms with Crippen LogP contribution >= 0.6 is 0 Å². The Morgan fingerprint density at radius 3 is 2.50 bits per heavy atom. The third-order valence-electron chi connectivity index (χ3n) is 4.63. The number of rotatable bonds is 7. The number of fused-ring (bicyclic) bond motifs is 1. The van der Waals surface area contributed by atoms with Crippen molar-refractivity contribution in [3.05, 3.63) is 29.3 Å². The van der Waals surface area contributed by atoms with Crippen molar-refractivity contribution in [1.82, 2.24) is 10.6 Å². The van der Waals surface area contributed by atoms with Gasteiger partial charge < -0.3 is 25.6 Å². The van der Waals surface area contributed by atoms with E-state index in [2.05, 4.69) is 51.3 Å². The second kappa shape index (κ2) is 8.26. The zero-order valence-electron chi connectivity index (χ0n) is 17.1. The second-order valence-electron chi connectivity index (χ2n) is 9.19. The first kappa shape index (κ1) is 21.2. The number of ether oxygens (including phenoxy) is 1. The van der Waals surface area contributed by atoms with E-state index in [4.69, 9.17) is 4.74 Å². The summed E-state index contributed by atoms with van der Waals surface area (Å²) in [5, 5.41) is 27.9. The van der Waals surface area contributed by atoms with Gasteiger partial charge in [-0.05, 0) is 51.3 Å². The van der Waals surface area contributed by atoms with Crippen molar-refractivity contribution in [2.75, 3.05) is 13.2 Å². The Hall–Kier alpha value is -1.14. The lowest BCUT2D eigenvalue weighted by atomic mass is 9.85. The Morgan fingerprint density at radius 2 is 1.88 bits per heavy atom. The molecule has 0 bridgehead atoms. The van der Waals surface area contributed by atoms with Gasteiger partial charge in [0, 0.05) is 30.6 Å². The van der Waals surface area contributed by atoms with Crippen molar-refractivity contribution < 1.29 is 14.9 Å². The van der Waals surface area contributed by atoms with E-state index in [0.29, 0.717) is 19.0 Å². The zero-order valence-corrected chi connectivity index (χ0v) is 17.1. The molecule has 0 spiro atoms. The molecule has 1 aromatic carbocycles. The Kier molecular flexibility index (Phi) is 6.72. The van der Waals surface area contributed by atoms with E-state index in [9.17, 15) is 10.2 Å². The molecule has 5 heteroatoms. The third-order valence-corrected chi connectivity index (χ3v) is 4.63. The average Bonchev–Trinajstić information content (AvgIpc) is 2.51. The molecular weight excluding hydrogens is 328 g/mol. The van der Waals surface area contributed by atoms with E-state index in [1.54, 1.807) is 6.92 Å². The van der Waals surface area contributed by atoms with Crippen LogP contribution in [0.2, 0.25) is 0 Å². The monoisotopic (exact) mass is 364 g/mol. The maximum atomic E-state index is 10.6. The highest BCUT2D eigenvalue weighted by atomic mass is 16.5. The SMILES string of the molecule is CC(C)N[C@@H]1Cc2cccc(OCC(C)(O)CNC(C)(C)C)c2C[C@H]1O. The van der Waals surface area contributed by atoms with Crippen LogP contribution in [0.25, 0.3) is 0 Å². The molecule has 3 atom stereocenters. The molecule has 0 heterocycles. The fourth-order valence-corrected chi connectivity index (χ4v) is 3.23. The van der Waals surface area contributed by atoms with E-state index < -0.39 is 11.7 Å². The molecule has 0 aromatic heterocycles. The van der Waals surface area contributed by atoms with E-state index in [1.165, 1.54) is 5.56 Å². The highest BCUT2D eigenvalue weighted by Gasteiger charge is 2.30. The molecule has 0 saturated heterocycles. The molecule has 0 saturated carbocycles. The molecule has 1 unspecified atom stereocenters. The predicted molar refractivity (Wildman–Crippen MR) is 106 cm³/mol. The minimum absolute atomic E-state index is 0.0571. The summed E-state index contributed by atoms with van der Waals surface area (Å²) in [6.07, 6.45) is 0.921. The minimum atomic E-state index is -0.967. The fraction of sp³-hybridized carbons (Fsp3) is 0.714. The average molecular weight is 365 g/mol. The number of hydrogen-bond donors (Lipinski definition) is 4. The molecular formula is C21H36N2O3. The van der Waals surface area contributed by atoms with E-state index in [0.717, 1.165) is 17.7 Å². The predicted octanol–water partition coefficient (Wildman–Crippen LogP) is 2.03. The summed E-state index contributed by atoms with van der Waals surface area (Å²) in [6, 6.07) is 6.41. The highest BCUT2D eigenvalue weighted by molar-refractivity contribution is 5.43. The maximum absolute atomic E-state index is 10.6. The smallest absolute Gasteiger partial charge is 0.123 e. The van der Waals surface area contributed by atoms with Gasteiger partial charge in [-0.1, -0.05) is 26.0 Å². The van der Waals surface area contributed by atoms with Crippen LogP contribution in [0.5, 0.6) is 5.75 Å². The summed E-state index contributed by atoms with van der Waals surface area (Å²) >= 11 is 0. The van der Waals surface area contributed by atoms with Gasteiger partial charge in [0.1, 0.15) is 18.0 Å². The third kappa shape index (κ3) is 6.23. The first-order valence-corrected chi connectivity index (χ1v) is 9.62. The van der Waals surface area contributed by atoms with Crippen molar-refractivity contribution in [1.29, 1.82) is 0 Å². The zero-order chi connectivity index (χ0) is 19.5. The van der Waals surface area contributed by atoms with Gasteiger partial charge in [-0.2, -0.15) is 0 Å². The number of hydrogen-bond acceptors (Lipinski definition) is 5. The lowest BCUT2D eigenvalue weighted by Gasteiger charge is -2.33. The minimum Gasteiger partial charge on any atom is -0.490 e. The summed E-state index contributed by atoms with van der Waals surface area (Å²) in [7, 11) is 0. The summed E-state index contributed by atoms with van der Waals surface area (Å²) in [5.74, 6) is 0.764. The number of aliphatic hydroxyl groups is 2. The van der Waals surface area contributed by atoms with Gasteiger partial charge in [0.2, 0.25) is 0 Å². The lowest BCUT2D eigenvalue weighted by Crippen LogP contribution is -2.49. The number of nitrogens with one attached hydrogen (secondary N) is 2. The van der Waals surface area contributed by atoms with Gasteiger partial charge in [0.25, 0.3) is 0 Å². The Morgan fingerprint density at radius 1 is 1.19 bits per heavy atom. The van der Waals surface area contributed by atoms with Crippen LogP contribution in [0.3, 0.4) is 0 Å². The molecule has 1 aliphatic carbocycles. The van der Waals surface area contributed by atoms with Crippen molar-refractivity contribution in [3.63, 3.8) is 0 Å². The van der Waals surface area contributed by atoms with Crippen LogP contribution in [0.15, 0.2) is 18.2 Å². The van der Waals surface area contributed by atoms with Crippen LogP contribution in [0.1, 0.15) is 52.7 Å². The second-order valence-corrected chi connectivity index (χ2v) is 9.19. The van der Waals surface area contributed by atoms with Gasteiger partial charge >= 0.3 is 0 Å². The lowest BCUT2D eigenvalue weighted by molar-refractivity contribution is 0.00703. The van der Waals surface area contributed by atoms with Crippen LogP contribution in [-0.2, 0) is 12.8 Å². The molecule has 0 amide bonds. The molecule has 1 aromatic rings. The fourth-order valence-electron chi connectivity index (χ4n) is 3.23. The van der Waals surface area contributed by atoms with E-state index in [-0.39, 0.29) is 18.2 Å². The molecule has 5 nitrogen and oxygen atoms in total. The summed E-state index contributed by atoms with van der Waals surface area (Å²) in [6.45, 7) is 12.8. The van der Waals surface area contributed by atoms with Crippen molar-refractivity contribution >= 4 is 0 Å². The Balaban J connectivity index is 2.04. The molecule has 148 valence electrons. The number of aliphatic hydroxyl groups excluding tert-OH is 1. The molecule has 0 radical (unpaired) electrons. The topological polar surface area (TPSA) is 73.8 Å².